The number of aromatic nitrogens is 2. The Balaban J connectivity index is 1.58. The highest BCUT2D eigenvalue weighted by atomic mass is 16.3. The average molecular weight is 414 g/mol. The zero-order chi connectivity index (χ0) is 21.5. The van der Waals surface area contributed by atoms with Crippen LogP contribution in [-0.2, 0) is 4.79 Å². The molecule has 1 fully saturated rings. The van der Waals surface area contributed by atoms with Gasteiger partial charge in [-0.15, -0.1) is 0 Å². The predicted octanol–water partition coefficient (Wildman–Crippen LogP) is 5.93. The molecule has 3 aromatic rings. The van der Waals surface area contributed by atoms with Gasteiger partial charge < -0.3 is 10.4 Å². The number of hydrogen-bond acceptors (Lipinski definition) is 4. The Bertz CT molecular complexity index is 1040. The maximum Gasteiger partial charge on any atom is 0.225 e. The first-order chi connectivity index (χ1) is 15.2. The van der Waals surface area contributed by atoms with Gasteiger partial charge >= 0.3 is 0 Å². The van der Waals surface area contributed by atoms with Crippen LogP contribution in [0.2, 0.25) is 0 Å². The summed E-state index contributed by atoms with van der Waals surface area (Å²) in [6.07, 6.45) is 12.0. The fraction of sp³-hybridized carbons (Fsp3) is 0.269. The molecule has 158 valence electrons. The summed E-state index contributed by atoms with van der Waals surface area (Å²) in [5, 5.41) is 12.5. The third kappa shape index (κ3) is 5.79. The van der Waals surface area contributed by atoms with Crippen molar-refractivity contribution in [1.29, 1.82) is 0 Å². The van der Waals surface area contributed by atoms with E-state index in [-0.39, 0.29) is 11.7 Å². The van der Waals surface area contributed by atoms with Gasteiger partial charge in [-0.05, 0) is 54.7 Å². The van der Waals surface area contributed by atoms with Crippen LogP contribution in [0.15, 0.2) is 60.8 Å². The van der Waals surface area contributed by atoms with Crippen LogP contribution < -0.4 is 5.32 Å². The molecule has 1 aliphatic rings. The minimum Gasteiger partial charge on any atom is -0.508 e. The van der Waals surface area contributed by atoms with Crippen LogP contribution in [0.3, 0.4) is 0 Å². The first kappa shape index (κ1) is 20.8. The summed E-state index contributed by atoms with van der Waals surface area (Å²) in [6.45, 7) is 0. The van der Waals surface area contributed by atoms with E-state index in [0.717, 1.165) is 24.0 Å². The number of phenols is 1. The van der Waals surface area contributed by atoms with E-state index in [1.165, 1.54) is 19.3 Å². The highest BCUT2D eigenvalue weighted by Crippen LogP contribution is 2.27. The van der Waals surface area contributed by atoms with Gasteiger partial charge in [0.25, 0.3) is 0 Å². The normalized spacial score (nSPS) is 14.6. The van der Waals surface area contributed by atoms with Gasteiger partial charge in [-0.3, -0.25) is 4.79 Å². The fourth-order valence-corrected chi connectivity index (χ4v) is 3.96. The van der Waals surface area contributed by atoms with Crippen molar-refractivity contribution in [3.63, 3.8) is 0 Å². The first-order valence-corrected chi connectivity index (χ1v) is 10.9. The van der Waals surface area contributed by atoms with Crippen LogP contribution in [0.25, 0.3) is 23.4 Å². The lowest BCUT2D eigenvalue weighted by atomic mass is 9.87. The van der Waals surface area contributed by atoms with Crippen LogP contribution in [0.4, 0.5) is 5.82 Å². The van der Waals surface area contributed by atoms with Gasteiger partial charge in [0.2, 0.25) is 5.91 Å². The number of amides is 1. The number of carbonyl (C=O) groups excluding carboxylic acids is 1. The molecule has 4 rings (SSSR count). The van der Waals surface area contributed by atoms with Gasteiger partial charge in [-0.1, -0.05) is 55.7 Å². The highest BCUT2D eigenvalue weighted by Gasteiger charge is 2.18. The van der Waals surface area contributed by atoms with Crippen LogP contribution in [0.5, 0.6) is 5.75 Å². The molecule has 0 spiro atoms. The van der Waals surface area contributed by atoms with Crippen LogP contribution >= 0.6 is 0 Å². The van der Waals surface area contributed by atoms with E-state index >= 15 is 0 Å². The second kappa shape index (κ2) is 10.0. The van der Waals surface area contributed by atoms with E-state index in [9.17, 15) is 9.90 Å². The van der Waals surface area contributed by atoms with E-state index in [4.69, 9.17) is 4.98 Å². The molecule has 0 bridgehead atoms. The minimum atomic E-state index is -0.00653. The first-order valence-electron chi connectivity index (χ1n) is 10.9. The van der Waals surface area contributed by atoms with Crippen molar-refractivity contribution in [3.05, 3.63) is 72.1 Å². The van der Waals surface area contributed by atoms with Crippen molar-refractivity contribution in [1.82, 2.24) is 9.97 Å². The van der Waals surface area contributed by atoms with Crippen LogP contribution in [0.1, 0.15) is 49.8 Å². The van der Waals surface area contributed by atoms with E-state index in [1.54, 1.807) is 30.5 Å². The number of nitrogens with one attached hydrogen (secondary N) is 1. The lowest BCUT2D eigenvalue weighted by Gasteiger charge is -2.20. The summed E-state index contributed by atoms with van der Waals surface area (Å²) in [4.78, 5) is 21.9. The Morgan fingerprint density at radius 2 is 1.74 bits per heavy atom. The number of anilines is 1. The van der Waals surface area contributed by atoms with Crippen molar-refractivity contribution in [2.24, 2.45) is 5.92 Å². The molecule has 2 aromatic carbocycles. The summed E-state index contributed by atoms with van der Waals surface area (Å²) in [6, 6.07) is 16.8. The van der Waals surface area contributed by atoms with Crippen molar-refractivity contribution in [2.45, 2.75) is 38.5 Å². The highest BCUT2D eigenvalue weighted by molar-refractivity contribution is 5.92. The second-order valence-electron chi connectivity index (χ2n) is 8.04. The molecule has 1 heterocycles. The predicted molar refractivity (Wildman–Crippen MR) is 124 cm³/mol. The maximum atomic E-state index is 12.7. The summed E-state index contributed by atoms with van der Waals surface area (Å²) in [5.74, 6) is 1.12. The molecule has 0 saturated heterocycles. The molecule has 0 radical (unpaired) electrons. The average Bonchev–Trinajstić information content (AvgIpc) is 2.80. The van der Waals surface area contributed by atoms with Gasteiger partial charge in [-0.2, -0.15) is 0 Å². The molecule has 5 heteroatoms. The minimum absolute atomic E-state index is 0.00653. The third-order valence-corrected chi connectivity index (χ3v) is 5.65. The number of phenolic OH excluding ortho intramolecular Hbond substituents is 1. The Hall–Kier alpha value is -3.47. The van der Waals surface area contributed by atoms with E-state index < -0.39 is 0 Å². The van der Waals surface area contributed by atoms with E-state index in [0.29, 0.717) is 29.5 Å². The summed E-state index contributed by atoms with van der Waals surface area (Å²) < 4.78 is 0. The smallest absolute Gasteiger partial charge is 0.225 e. The topological polar surface area (TPSA) is 75.1 Å². The van der Waals surface area contributed by atoms with Crippen molar-refractivity contribution < 1.29 is 9.90 Å². The van der Waals surface area contributed by atoms with Gasteiger partial charge in [0.1, 0.15) is 11.4 Å². The number of benzene rings is 2. The van der Waals surface area contributed by atoms with Gasteiger partial charge in [0, 0.05) is 12.0 Å². The van der Waals surface area contributed by atoms with E-state index in [1.807, 2.05) is 42.5 Å². The van der Waals surface area contributed by atoms with Crippen molar-refractivity contribution in [2.75, 3.05) is 5.32 Å². The van der Waals surface area contributed by atoms with Crippen molar-refractivity contribution in [3.8, 4) is 17.0 Å². The number of aromatic hydroxyl groups is 1. The lowest BCUT2D eigenvalue weighted by molar-refractivity contribution is -0.117. The molecule has 2 N–H and O–H groups in total. The Kier molecular flexibility index (Phi) is 6.72. The zero-order valence-corrected chi connectivity index (χ0v) is 17.5. The summed E-state index contributed by atoms with van der Waals surface area (Å²) >= 11 is 0. The summed E-state index contributed by atoms with van der Waals surface area (Å²) in [5.41, 5.74) is 3.17. The monoisotopic (exact) mass is 413 g/mol. The number of carbonyl (C=O) groups is 1. The molecule has 5 nitrogen and oxygen atoms in total. The standard InChI is InChI=1S/C26H27N3O2/c30-22-14-12-21(13-15-22)24-18-27-26(29-25(31)17-20-9-5-2-6-10-20)23(28-24)16-11-19-7-3-1-4-8-19/h1,3-4,7-8,11-16,18,20,30H,2,5-6,9-10,17H2,(H,27,29,31). The number of nitrogens with zero attached hydrogens (tertiary/aromatic N) is 2. The molecular weight excluding hydrogens is 386 g/mol. The molecule has 1 aliphatic carbocycles. The second-order valence-corrected chi connectivity index (χ2v) is 8.04. The lowest BCUT2D eigenvalue weighted by Crippen LogP contribution is -2.19. The Labute approximate surface area is 182 Å². The molecular formula is C26H27N3O2. The molecule has 1 amide bonds. The van der Waals surface area contributed by atoms with Gasteiger partial charge in [0.05, 0.1) is 11.9 Å². The largest absolute Gasteiger partial charge is 0.508 e. The van der Waals surface area contributed by atoms with Crippen LogP contribution in [-0.4, -0.2) is 21.0 Å². The molecule has 0 aliphatic heterocycles. The molecule has 0 atom stereocenters. The van der Waals surface area contributed by atoms with Crippen molar-refractivity contribution >= 4 is 23.9 Å². The molecule has 1 saturated carbocycles. The molecule has 0 unspecified atom stereocenters. The molecule has 31 heavy (non-hydrogen) atoms. The van der Waals surface area contributed by atoms with Crippen LogP contribution in [0, 0.1) is 5.92 Å². The Morgan fingerprint density at radius 1 is 1.00 bits per heavy atom. The van der Waals surface area contributed by atoms with E-state index in [2.05, 4.69) is 10.3 Å². The quantitative estimate of drug-likeness (QED) is 0.525. The SMILES string of the molecule is O=C(CC1CCCCC1)Nc1ncc(-c2ccc(O)cc2)nc1C=Cc1ccccc1. The third-order valence-electron chi connectivity index (χ3n) is 5.65. The summed E-state index contributed by atoms with van der Waals surface area (Å²) in [7, 11) is 0. The Morgan fingerprint density at radius 3 is 2.48 bits per heavy atom. The maximum absolute atomic E-state index is 12.7. The number of rotatable bonds is 6. The van der Waals surface area contributed by atoms with Gasteiger partial charge in [0.15, 0.2) is 5.82 Å². The fourth-order valence-electron chi connectivity index (χ4n) is 3.96. The van der Waals surface area contributed by atoms with Gasteiger partial charge in [-0.25, -0.2) is 9.97 Å². The molecule has 1 aromatic heterocycles. The zero-order valence-electron chi connectivity index (χ0n) is 17.5. The number of hydrogen-bond donors (Lipinski definition) is 2.